The summed E-state index contributed by atoms with van der Waals surface area (Å²) in [6.45, 7) is 9.74. The van der Waals surface area contributed by atoms with Gasteiger partial charge in [-0.1, -0.05) is 45.0 Å². The van der Waals surface area contributed by atoms with Crippen LogP contribution in [0.4, 0.5) is 5.69 Å². The molecule has 0 spiro atoms. The standard InChI is InChI=1S/C32H36N2O4Si/c1-4-5-6-15-33-22-10-13-25-28(19-22)39(2,3)29-20-23(34-16-7-8-17-34)11-14-26(29)30(25)27-18-21(31(35)36)9-12-24(27)32(37)38/h9-14,18-20H,4-8,15-17H2,1-3H3,(H,35,36)(H,37,38)/b33-22-. The number of aromatic carboxylic acids is 2. The number of hydrogen-bond acceptors (Lipinski definition) is 4. The van der Waals surface area contributed by atoms with Gasteiger partial charge < -0.3 is 15.1 Å². The Kier molecular flexibility index (Phi) is 7.45. The fraction of sp³-hybridized carbons (Fsp3) is 0.344. The number of nitrogens with zero attached hydrogens (tertiary/aromatic N) is 2. The molecular formula is C32H36N2O4Si. The lowest BCUT2D eigenvalue weighted by Crippen LogP contribution is -2.49. The smallest absolute Gasteiger partial charge is 0.336 e. The highest BCUT2D eigenvalue weighted by Gasteiger charge is 2.40. The van der Waals surface area contributed by atoms with Gasteiger partial charge in [-0.2, -0.15) is 0 Å². The lowest BCUT2D eigenvalue weighted by molar-refractivity contribution is 0.0681. The van der Waals surface area contributed by atoms with Crippen LogP contribution in [0.2, 0.25) is 13.1 Å². The molecular weight excluding hydrogens is 504 g/mol. The van der Waals surface area contributed by atoms with Gasteiger partial charge >= 0.3 is 11.9 Å². The summed E-state index contributed by atoms with van der Waals surface area (Å²) in [5.41, 5.74) is 5.53. The van der Waals surface area contributed by atoms with Crippen LogP contribution in [-0.4, -0.2) is 55.6 Å². The number of allylic oxidation sites excluding steroid dienone is 5. The Morgan fingerprint density at radius 2 is 1.72 bits per heavy atom. The zero-order valence-electron chi connectivity index (χ0n) is 23.0. The van der Waals surface area contributed by atoms with Crippen LogP contribution in [0.3, 0.4) is 0 Å². The van der Waals surface area contributed by atoms with E-state index in [1.54, 1.807) is 0 Å². The van der Waals surface area contributed by atoms with Gasteiger partial charge in [-0.25, -0.2) is 9.59 Å². The quantitative estimate of drug-likeness (QED) is 0.313. The second-order valence-electron chi connectivity index (χ2n) is 11.1. The summed E-state index contributed by atoms with van der Waals surface area (Å²) < 4.78 is 0. The Morgan fingerprint density at radius 1 is 0.949 bits per heavy atom. The molecule has 7 heteroatoms. The van der Waals surface area contributed by atoms with Gasteiger partial charge in [0.05, 0.1) is 16.8 Å². The molecule has 2 aliphatic heterocycles. The van der Waals surface area contributed by atoms with Crippen molar-refractivity contribution >= 4 is 42.2 Å². The van der Waals surface area contributed by atoms with E-state index in [2.05, 4.69) is 55.3 Å². The fourth-order valence-corrected chi connectivity index (χ4v) is 9.10. The second kappa shape index (κ2) is 10.8. The maximum absolute atomic E-state index is 12.4. The zero-order valence-corrected chi connectivity index (χ0v) is 24.0. The topological polar surface area (TPSA) is 90.2 Å². The van der Waals surface area contributed by atoms with Gasteiger partial charge in [0.25, 0.3) is 0 Å². The third kappa shape index (κ3) is 5.03. The summed E-state index contributed by atoms with van der Waals surface area (Å²) >= 11 is 0. The number of unbranched alkanes of at least 4 members (excludes halogenated alkanes) is 2. The van der Waals surface area contributed by atoms with E-state index in [1.165, 1.54) is 47.1 Å². The Labute approximate surface area is 231 Å². The number of carbonyl (C=O) groups is 2. The average molecular weight is 541 g/mol. The molecule has 2 aromatic carbocycles. The van der Waals surface area contributed by atoms with Crippen molar-refractivity contribution in [1.29, 1.82) is 0 Å². The van der Waals surface area contributed by atoms with Crippen molar-refractivity contribution in [3.63, 3.8) is 0 Å². The van der Waals surface area contributed by atoms with Crippen LogP contribution in [0.25, 0.3) is 5.57 Å². The molecule has 6 nitrogen and oxygen atoms in total. The van der Waals surface area contributed by atoms with Crippen molar-refractivity contribution < 1.29 is 19.8 Å². The molecule has 2 heterocycles. The summed E-state index contributed by atoms with van der Waals surface area (Å²) in [5, 5.41) is 22.3. The highest BCUT2D eigenvalue weighted by molar-refractivity contribution is 6.98. The predicted molar refractivity (Wildman–Crippen MR) is 160 cm³/mol. The van der Waals surface area contributed by atoms with Crippen LogP contribution in [0.15, 0.2) is 70.4 Å². The number of carboxylic acid groups (broad SMARTS) is 2. The molecule has 0 atom stereocenters. The van der Waals surface area contributed by atoms with Crippen molar-refractivity contribution in [2.75, 3.05) is 24.5 Å². The lowest BCUT2D eigenvalue weighted by atomic mass is 9.86. The van der Waals surface area contributed by atoms with Gasteiger partial charge in [0.1, 0.15) is 8.07 Å². The SMILES string of the molecule is CCCCC/N=C1/C=CC2=C(c3cc(C(=O)O)ccc3C(=O)O)c3ccc(N4CCCC4)cc3[Si](C)(C)C2=C1. The first-order valence-corrected chi connectivity index (χ1v) is 16.9. The summed E-state index contributed by atoms with van der Waals surface area (Å²) in [6, 6.07) is 10.9. The Hall–Kier alpha value is -3.71. The Balaban J connectivity index is 1.76. The zero-order chi connectivity index (χ0) is 27.7. The van der Waals surface area contributed by atoms with E-state index < -0.39 is 20.0 Å². The van der Waals surface area contributed by atoms with Crippen LogP contribution >= 0.6 is 0 Å². The molecule has 0 bridgehead atoms. The van der Waals surface area contributed by atoms with Crippen LogP contribution in [0, 0.1) is 0 Å². The molecule has 0 unspecified atom stereocenters. The van der Waals surface area contributed by atoms with E-state index in [0.29, 0.717) is 5.56 Å². The molecule has 1 aliphatic carbocycles. The highest BCUT2D eigenvalue weighted by atomic mass is 28.3. The maximum atomic E-state index is 12.4. The van der Waals surface area contributed by atoms with Gasteiger partial charge in [-0.05, 0) is 94.4 Å². The average Bonchev–Trinajstić information content (AvgIpc) is 3.46. The van der Waals surface area contributed by atoms with Gasteiger partial charge in [-0.15, -0.1) is 0 Å². The van der Waals surface area contributed by atoms with E-state index in [1.807, 2.05) is 6.08 Å². The number of anilines is 1. The molecule has 0 saturated carbocycles. The second-order valence-corrected chi connectivity index (χ2v) is 15.4. The summed E-state index contributed by atoms with van der Waals surface area (Å²) in [6.07, 6.45) is 12.0. The van der Waals surface area contributed by atoms with E-state index in [0.717, 1.165) is 61.3 Å². The van der Waals surface area contributed by atoms with Crippen LogP contribution in [-0.2, 0) is 0 Å². The maximum Gasteiger partial charge on any atom is 0.336 e. The summed E-state index contributed by atoms with van der Waals surface area (Å²) in [7, 11) is -2.23. The van der Waals surface area contributed by atoms with Crippen LogP contribution in [0.1, 0.15) is 70.9 Å². The third-order valence-corrected chi connectivity index (χ3v) is 11.7. The highest BCUT2D eigenvalue weighted by Crippen LogP contribution is 2.43. The molecule has 1 fully saturated rings. The first kappa shape index (κ1) is 26.9. The normalized spacial score (nSPS) is 18.7. The first-order valence-electron chi connectivity index (χ1n) is 13.9. The van der Waals surface area contributed by atoms with Crippen molar-refractivity contribution in [3.05, 3.63) is 87.6 Å². The molecule has 0 amide bonds. The first-order chi connectivity index (χ1) is 18.7. The third-order valence-electron chi connectivity index (χ3n) is 8.19. The number of aliphatic imine (C=N–C) groups is 1. The van der Waals surface area contributed by atoms with Crippen molar-refractivity contribution in [3.8, 4) is 0 Å². The van der Waals surface area contributed by atoms with Gasteiger partial charge in [-0.3, -0.25) is 4.99 Å². The Bertz CT molecular complexity index is 1460. The number of hydrogen-bond donors (Lipinski definition) is 2. The molecule has 202 valence electrons. The molecule has 39 heavy (non-hydrogen) atoms. The Morgan fingerprint density at radius 3 is 2.41 bits per heavy atom. The molecule has 5 rings (SSSR count). The predicted octanol–water partition coefficient (Wildman–Crippen LogP) is 6.08. The molecule has 0 aromatic heterocycles. The molecule has 0 radical (unpaired) electrons. The molecule has 1 saturated heterocycles. The van der Waals surface area contributed by atoms with Crippen molar-refractivity contribution in [2.45, 2.75) is 52.1 Å². The van der Waals surface area contributed by atoms with Crippen LogP contribution < -0.4 is 10.1 Å². The van der Waals surface area contributed by atoms with Gasteiger partial charge in [0.2, 0.25) is 0 Å². The van der Waals surface area contributed by atoms with Gasteiger partial charge in [0.15, 0.2) is 0 Å². The van der Waals surface area contributed by atoms with Gasteiger partial charge in [0, 0.05) is 25.3 Å². The van der Waals surface area contributed by atoms with E-state index in [4.69, 9.17) is 4.99 Å². The molecule has 2 N–H and O–H groups in total. The summed E-state index contributed by atoms with van der Waals surface area (Å²) in [4.78, 5) is 31.6. The van der Waals surface area contributed by atoms with Crippen molar-refractivity contribution in [2.24, 2.45) is 4.99 Å². The molecule has 3 aliphatic rings. The minimum Gasteiger partial charge on any atom is -0.478 e. The number of rotatable bonds is 8. The summed E-state index contributed by atoms with van der Waals surface area (Å²) in [5.74, 6) is -2.15. The minimum absolute atomic E-state index is 0.0731. The number of benzene rings is 2. The van der Waals surface area contributed by atoms with Crippen molar-refractivity contribution in [1.82, 2.24) is 0 Å². The number of fused-ring (bicyclic) bond motifs is 2. The van der Waals surface area contributed by atoms with E-state index in [-0.39, 0.29) is 11.1 Å². The fourth-order valence-electron chi connectivity index (χ4n) is 6.03. The van der Waals surface area contributed by atoms with E-state index >= 15 is 0 Å². The lowest BCUT2D eigenvalue weighted by Gasteiger charge is -2.39. The largest absolute Gasteiger partial charge is 0.478 e. The molecule has 2 aromatic rings. The monoisotopic (exact) mass is 540 g/mol. The number of carboxylic acids is 2. The van der Waals surface area contributed by atoms with Crippen LogP contribution in [0.5, 0.6) is 0 Å². The minimum atomic E-state index is -2.23. The van der Waals surface area contributed by atoms with E-state index in [9.17, 15) is 19.8 Å².